The molecule has 0 aliphatic rings. The van der Waals surface area contributed by atoms with Crippen LogP contribution in [-0.2, 0) is 11.3 Å². The molecule has 1 heterocycles. The van der Waals surface area contributed by atoms with Gasteiger partial charge in [-0.25, -0.2) is 4.98 Å². The van der Waals surface area contributed by atoms with E-state index in [4.69, 9.17) is 5.73 Å². The molecule has 0 radical (unpaired) electrons. The van der Waals surface area contributed by atoms with Gasteiger partial charge in [0, 0.05) is 56.2 Å². The van der Waals surface area contributed by atoms with Crippen LogP contribution in [0.2, 0.25) is 0 Å². The van der Waals surface area contributed by atoms with E-state index in [2.05, 4.69) is 24.1 Å². The average molecular weight is 371 g/mol. The molecule has 0 aliphatic heterocycles. The highest BCUT2D eigenvalue weighted by molar-refractivity contribution is 5.97. The summed E-state index contributed by atoms with van der Waals surface area (Å²) in [5.41, 5.74) is 7.21. The zero-order valence-electron chi connectivity index (χ0n) is 16.3. The van der Waals surface area contributed by atoms with Crippen molar-refractivity contribution >= 4 is 17.5 Å². The lowest BCUT2D eigenvalue weighted by Gasteiger charge is -2.21. The predicted molar refractivity (Wildman–Crippen MR) is 106 cm³/mol. The van der Waals surface area contributed by atoms with E-state index in [1.165, 1.54) is 0 Å². The number of anilines is 1. The van der Waals surface area contributed by atoms with E-state index in [0.29, 0.717) is 36.7 Å². The third kappa shape index (κ3) is 6.53. The molecule has 27 heavy (non-hydrogen) atoms. The lowest BCUT2D eigenvalue weighted by Crippen LogP contribution is -2.34. The summed E-state index contributed by atoms with van der Waals surface area (Å²) >= 11 is 0. The Bertz CT molecular complexity index is 743. The molecule has 2 rings (SSSR count). The van der Waals surface area contributed by atoms with Gasteiger partial charge in [-0.1, -0.05) is 19.9 Å². The number of rotatable bonds is 9. The Morgan fingerprint density at radius 3 is 2.78 bits per heavy atom. The van der Waals surface area contributed by atoms with Crippen LogP contribution < -0.4 is 11.1 Å². The van der Waals surface area contributed by atoms with Crippen LogP contribution in [0.1, 0.15) is 37.0 Å². The van der Waals surface area contributed by atoms with Gasteiger partial charge in [0.15, 0.2) is 0 Å². The zero-order chi connectivity index (χ0) is 19.8. The Morgan fingerprint density at radius 2 is 2.11 bits per heavy atom. The van der Waals surface area contributed by atoms with Crippen LogP contribution >= 0.6 is 0 Å². The van der Waals surface area contributed by atoms with E-state index >= 15 is 0 Å². The molecule has 0 spiro atoms. The minimum Gasteiger partial charge on any atom is -0.342 e. The van der Waals surface area contributed by atoms with Gasteiger partial charge in [-0.2, -0.15) is 0 Å². The van der Waals surface area contributed by atoms with Crippen LogP contribution in [0, 0.1) is 5.92 Å². The Morgan fingerprint density at radius 1 is 1.33 bits per heavy atom. The molecular weight excluding hydrogens is 342 g/mol. The van der Waals surface area contributed by atoms with Gasteiger partial charge in [-0.3, -0.25) is 9.59 Å². The standard InChI is InChI=1S/C20H29N5O2/c1-15(2)18(21)7-10-24(3)20(27)16-5-4-6-17(13-16)23-19(26)8-11-25-12-9-22-14-25/h4-6,9,12-15,18H,7-8,10-11,21H2,1-3H3,(H,23,26). The first-order valence-corrected chi connectivity index (χ1v) is 9.23. The number of amides is 2. The summed E-state index contributed by atoms with van der Waals surface area (Å²) in [7, 11) is 1.77. The van der Waals surface area contributed by atoms with Crippen LogP contribution in [0.15, 0.2) is 43.0 Å². The number of hydrogen-bond donors (Lipinski definition) is 2. The Hall–Kier alpha value is -2.67. The van der Waals surface area contributed by atoms with Gasteiger partial charge in [0.2, 0.25) is 5.91 Å². The molecule has 1 unspecified atom stereocenters. The number of aryl methyl sites for hydroxylation is 1. The number of imidazole rings is 1. The smallest absolute Gasteiger partial charge is 0.253 e. The lowest BCUT2D eigenvalue weighted by molar-refractivity contribution is -0.116. The molecule has 146 valence electrons. The van der Waals surface area contributed by atoms with Crippen LogP contribution in [0.5, 0.6) is 0 Å². The summed E-state index contributed by atoms with van der Waals surface area (Å²) in [6.45, 7) is 5.31. The minimum absolute atomic E-state index is 0.0707. The number of hydrogen-bond acceptors (Lipinski definition) is 4. The maximum absolute atomic E-state index is 12.6. The first-order chi connectivity index (χ1) is 12.9. The molecule has 2 amide bonds. The third-order valence-corrected chi connectivity index (χ3v) is 4.55. The third-order valence-electron chi connectivity index (χ3n) is 4.55. The maximum Gasteiger partial charge on any atom is 0.253 e. The number of nitrogens with zero attached hydrogens (tertiary/aromatic N) is 3. The normalized spacial score (nSPS) is 12.0. The molecule has 2 aromatic rings. The van der Waals surface area contributed by atoms with Crippen molar-refractivity contribution < 1.29 is 9.59 Å². The van der Waals surface area contributed by atoms with Crippen molar-refractivity contribution in [2.75, 3.05) is 18.9 Å². The first kappa shape index (κ1) is 20.6. The number of nitrogens with two attached hydrogens (primary N) is 1. The molecule has 1 aromatic carbocycles. The molecule has 0 saturated carbocycles. The van der Waals surface area contributed by atoms with Gasteiger partial charge in [0.1, 0.15) is 0 Å². The van der Waals surface area contributed by atoms with Gasteiger partial charge < -0.3 is 20.5 Å². The minimum atomic E-state index is -0.107. The summed E-state index contributed by atoms with van der Waals surface area (Å²) in [6.07, 6.45) is 6.25. The van der Waals surface area contributed by atoms with Gasteiger partial charge >= 0.3 is 0 Å². The molecule has 7 nitrogen and oxygen atoms in total. The molecule has 3 N–H and O–H groups in total. The fourth-order valence-electron chi connectivity index (χ4n) is 2.60. The second-order valence-electron chi connectivity index (χ2n) is 7.10. The first-order valence-electron chi connectivity index (χ1n) is 9.23. The van der Waals surface area contributed by atoms with Crippen molar-refractivity contribution in [3.8, 4) is 0 Å². The van der Waals surface area contributed by atoms with Crippen molar-refractivity contribution in [3.05, 3.63) is 48.5 Å². The SMILES string of the molecule is CC(C)C(N)CCN(C)C(=O)c1cccc(NC(=O)CCn2ccnc2)c1. The second kappa shape index (κ2) is 9.87. The Labute approximate surface area is 160 Å². The van der Waals surface area contributed by atoms with Crippen LogP contribution in [0.25, 0.3) is 0 Å². The molecule has 1 atom stereocenters. The van der Waals surface area contributed by atoms with Crippen molar-refractivity contribution in [3.63, 3.8) is 0 Å². The summed E-state index contributed by atoms with van der Waals surface area (Å²) in [5, 5.41) is 2.84. The van der Waals surface area contributed by atoms with Crippen LogP contribution in [0.3, 0.4) is 0 Å². The average Bonchev–Trinajstić information content (AvgIpc) is 3.17. The molecule has 1 aromatic heterocycles. The van der Waals surface area contributed by atoms with Crippen molar-refractivity contribution in [2.45, 2.75) is 39.3 Å². The molecule has 0 bridgehead atoms. The predicted octanol–water partition coefficient (Wildman–Crippen LogP) is 2.36. The van der Waals surface area contributed by atoms with E-state index in [0.717, 1.165) is 6.42 Å². The monoisotopic (exact) mass is 371 g/mol. The van der Waals surface area contributed by atoms with Crippen LogP contribution in [-0.4, -0.2) is 45.9 Å². The highest BCUT2D eigenvalue weighted by Crippen LogP contribution is 2.14. The van der Waals surface area contributed by atoms with Crippen molar-refractivity contribution in [1.82, 2.24) is 14.5 Å². The summed E-state index contributed by atoms with van der Waals surface area (Å²) < 4.78 is 1.84. The van der Waals surface area contributed by atoms with Crippen molar-refractivity contribution in [2.24, 2.45) is 11.7 Å². The quantitative estimate of drug-likeness (QED) is 0.708. The van der Waals surface area contributed by atoms with E-state index in [1.54, 1.807) is 48.7 Å². The number of carbonyl (C=O) groups excluding carboxylic acids is 2. The molecule has 7 heteroatoms. The largest absolute Gasteiger partial charge is 0.342 e. The summed E-state index contributed by atoms with van der Waals surface area (Å²) in [6, 6.07) is 7.08. The zero-order valence-corrected chi connectivity index (χ0v) is 16.3. The second-order valence-corrected chi connectivity index (χ2v) is 7.10. The van der Waals surface area contributed by atoms with Crippen LogP contribution in [0.4, 0.5) is 5.69 Å². The van der Waals surface area contributed by atoms with Crippen molar-refractivity contribution in [1.29, 1.82) is 0 Å². The fourth-order valence-corrected chi connectivity index (χ4v) is 2.60. The molecule has 0 aliphatic carbocycles. The number of carbonyl (C=O) groups is 2. The maximum atomic E-state index is 12.6. The fraction of sp³-hybridized carbons (Fsp3) is 0.450. The van der Waals surface area contributed by atoms with E-state index < -0.39 is 0 Å². The van der Waals surface area contributed by atoms with Gasteiger partial charge in [0.05, 0.1) is 6.33 Å². The lowest BCUT2D eigenvalue weighted by atomic mass is 10.0. The van der Waals surface area contributed by atoms with E-state index in [-0.39, 0.29) is 17.9 Å². The Balaban J connectivity index is 1.89. The molecular formula is C20H29N5O2. The van der Waals surface area contributed by atoms with E-state index in [1.807, 2.05) is 10.8 Å². The summed E-state index contributed by atoms with van der Waals surface area (Å²) in [5.74, 6) is 0.194. The Kier molecular flexibility index (Phi) is 7.55. The number of aromatic nitrogens is 2. The highest BCUT2D eigenvalue weighted by Gasteiger charge is 2.15. The van der Waals surface area contributed by atoms with Gasteiger partial charge in [-0.05, 0) is 30.5 Å². The van der Waals surface area contributed by atoms with Gasteiger partial charge in [0.25, 0.3) is 5.91 Å². The highest BCUT2D eigenvalue weighted by atomic mass is 16.2. The molecule has 0 fully saturated rings. The number of nitrogens with one attached hydrogen (secondary N) is 1. The molecule has 0 saturated heterocycles. The number of benzene rings is 1. The topological polar surface area (TPSA) is 93.3 Å². The van der Waals surface area contributed by atoms with E-state index in [9.17, 15) is 9.59 Å². The van der Waals surface area contributed by atoms with Gasteiger partial charge in [-0.15, -0.1) is 0 Å². The summed E-state index contributed by atoms with van der Waals surface area (Å²) in [4.78, 5) is 30.3.